The quantitative estimate of drug-likeness (QED) is 0.870. The van der Waals surface area contributed by atoms with Crippen molar-refractivity contribution >= 4 is 18.3 Å². The van der Waals surface area contributed by atoms with Crippen LogP contribution in [0.5, 0.6) is 5.75 Å². The number of hydrogen-bond donors (Lipinski definition) is 1. The van der Waals surface area contributed by atoms with Gasteiger partial charge in [0.2, 0.25) is 0 Å². The SMILES string of the molecule is O=[Se](Cc1ccccc1)c1ccc(O)cc1. The second-order valence-electron chi connectivity index (χ2n) is 3.47. The van der Waals surface area contributed by atoms with E-state index in [0.29, 0.717) is 5.32 Å². The van der Waals surface area contributed by atoms with Gasteiger partial charge in [0.1, 0.15) is 0 Å². The molecule has 0 saturated carbocycles. The van der Waals surface area contributed by atoms with E-state index in [-0.39, 0.29) is 5.75 Å². The normalized spacial score (nSPS) is 12.2. The summed E-state index contributed by atoms with van der Waals surface area (Å²) in [5, 5.41) is 9.74. The average Bonchev–Trinajstić information content (AvgIpc) is 2.31. The number of phenolic OH excluding ortho intramolecular Hbond substituents is 1. The second kappa shape index (κ2) is 5.06. The van der Waals surface area contributed by atoms with Crippen molar-refractivity contribution in [1.29, 1.82) is 0 Å². The van der Waals surface area contributed by atoms with Crippen LogP contribution < -0.4 is 4.46 Å². The summed E-state index contributed by atoms with van der Waals surface area (Å²) in [6.45, 7) is 0. The maximum atomic E-state index is 12.1. The van der Waals surface area contributed by atoms with E-state index < -0.39 is 13.8 Å². The first kappa shape index (κ1) is 11.1. The van der Waals surface area contributed by atoms with Crippen LogP contribution in [0.2, 0.25) is 0 Å². The number of benzene rings is 2. The molecule has 0 aromatic heterocycles. The molecule has 0 saturated heterocycles. The molecule has 0 fully saturated rings. The third kappa shape index (κ3) is 2.78. The monoisotopic (exact) mass is 280 g/mol. The summed E-state index contributed by atoms with van der Waals surface area (Å²) in [6, 6.07) is 16.4. The minimum absolute atomic E-state index is 0.210. The van der Waals surface area contributed by atoms with E-state index in [0.717, 1.165) is 10.0 Å². The first-order valence-electron chi connectivity index (χ1n) is 4.97. The standard InChI is InChI=1S/C13H12O2Se/c14-12-6-8-13(9-7-12)16(15)10-11-4-2-1-3-5-11/h1-9,14H,10H2. The van der Waals surface area contributed by atoms with Crippen molar-refractivity contribution in [2.75, 3.05) is 0 Å². The number of phenols is 1. The van der Waals surface area contributed by atoms with E-state index in [1.165, 1.54) is 0 Å². The molecule has 16 heavy (non-hydrogen) atoms. The van der Waals surface area contributed by atoms with Crippen LogP contribution in [-0.2, 0) is 9.15 Å². The summed E-state index contributed by atoms with van der Waals surface area (Å²) in [7, 11) is 0. The molecule has 0 heterocycles. The van der Waals surface area contributed by atoms with E-state index >= 15 is 0 Å². The molecule has 2 rings (SSSR count). The topological polar surface area (TPSA) is 37.3 Å². The van der Waals surface area contributed by atoms with Gasteiger partial charge >= 0.3 is 98.5 Å². The minimum atomic E-state index is -2.03. The number of rotatable bonds is 3. The molecule has 2 aromatic rings. The van der Waals surface area contributed by atoms with Crippen LogP contribution >= 0.6 is 0 Å². The molecule has 0 aliphatic heterocycles. The van der Waals surface area contributed by atoms with Gasteiger partial charge in [-0.25, -0.2) is 0 Å². The van der Waals surface area contributed by atoms with Gasteiger partial charge in [-0.15, -0.1) is 0 Å². The van der Waals surface area contributed by atoms with Crippen molar-refractivity contribution in [2.24, 2.45) is 0 Å². The summed E-state index contributed by atoms with van der Waals surface area (Å²) in [5.74, 6) is 0.210. The van der Waals surface area contributed by atoms with Crippen LogP contribution in [0.4, 0.5) is 0 Å². The molecule has 82 valence electrons. The molecule has 1 unspecified atom stereocenters. The zero-order valence-electron chi connectivity index (χ0n) is 8.67. The predicted molar refractivity (Wildman–Crippen MR) is 64.3 cm³/mol. The van der Waals surface area contributed by atoms with Gasteiger partial charge in [0.05, 0.1) is 0 Å². The average molecular weight is 279 g/mol. The summed E-state index contributed by atoms with van der Waals surface area (Å²) in [4.78, 5) is 0. The molecule has 0 aliphatic rings. The van der Waals surface area contributed by atoms with Crippen molar-refractivity contribution in [3.63, 3.8) is 0 Å². The summed E-state index contributed by atoms with van der Waals surface area (Å²) in [6.07, 6.45) is 0. The van der Waals surface area contributed by atoms with Crippen LogP contribution in [0.3, 0.4) is 0 Å². The Balaban J connectivity index is 2.12. The van der Waals surface area contributed by atoms with Gasteiger partial charge in [0.15, 0.2) is 0 Å². The summed E-state index contributed by atoms with van der Waals surface area (Å²) in [5.41, 5.74) is 1.09. The van der Waals surface area contributed by atoms with Gasteiger partial charge < -0.3 is 0 Å². The Morgan fingerprint density at radius 1 is 0.938 bits per heavy atom. The van der Waals surface area contributed by atoms with Crippen molar-refractivity contribution in [3.8, 4) is 5.75 Å². The fourth-order valence-electron chi connectivity index (χ4n) is 1.41. The predicted octanol–water partition coefficient (Wildman–Crippen LogP) is 1.80. The second-order valence-corrected chi connectivity index (χ2v) is 6.51. The Kier molecular flexibility index (Phi) is 3.50. The molecule has 0 bridgehead atoms. The number of hydrogen-bond acceptors (Lipinski definition) is 2. The Labute approximate surface area is 98.6 Å². The molecule has 2 aromatic carbocycles. The van der Waals surface area contributed by atoms with E-state index in [4.69, 9.17) is 5.11 Å². The van der Waals surface area contributed by atoms with Gasteiger partial charge in [-0.2, -0.15) is 0 Å². The van der Waals surface area contributed by atoms with E-state index in [2.05, 4.69) is 0 Å². The molecule has 0 radical (unpaired) electrons. The van der Waals surface area contributed by atoms with E-state index in [1.54, 1.807) is 24.3 Å². The van der Waals surface area contributed by atoms with Crippen LogP contribution in [0.1, 0.15) is 5.56 Å². The Morgan fingerprint density at radius 2 is 1.56 bits per heavy atom. The fraction of sp³-hybridized carbons (Fsp3) is 0.0769. The summed E-state index contributed by atoms with van der Waals surface area (Å²) >= 11 is -2.03. The van der Waals surface area contributed by atoms with Crippen LogP contribution in [0.25, 0.3) is 0 Å². The van der Waals surface area contributed by atoms with E-state index in [9.17, 15) is 3.83 Å². The first-order valence-corrected chi connectivity index (χ1v) is 7.74. The van der Waals surface area contributed by atoms with Crippen molar-refractivity contribution in [2.45, 2.75) is 5.32 Å². The third-order valence-corrected chi connectivity index (χ3v) is 5.16. The maximum absolute atomic E-state index is 12.1. The third-order valence-electron chi connectivity index (χ3n) is 2.24. The Hall–Kier alpha value is -1.44. The van der Waals surface area contributed by atoms with Gasteiger partial charge in [0, 0.05) is 0 Å². The van der Waals surface area contributed by atoms with Gasteiger partial charge in [-0.3, -0.25) is 0 Å². The number of aromatic hydroxyl groups is 1. The summed E-state index contributed by atoms with van der Waals surface area (Å²) < 4.78 is 12.9. The van der Waals surface area contributed by atoms with Crippen LogP contribution in [0.15, 0.2) is 54.6 Å². The molecular formula is C13H12O2Se. The van der Waals surface area contributed by atoms with Crippen LogP contribution in [0, 0.1) is 0 Å². The zero-order chi connectivity index (χ0) is 11.4. The van der Waals surface area contributed by atoms with Gasteiger partial charge in [-0.05, 0) is 0 Å². The molecule has 3 heteroatoms. The van der Waals surface area contributed by atoms with Crippen molar-refractivity contribution < 1.29 is 8.94 Å². The molecule has 1 N–H and O–H groups in total. The Morgan fingerprint density at radius 3 is 2.19 bits per heavy atom. The molecule has 1 atom stereocenters. The molecule has 0 aliphatic carbocycles. The molecule has 0 amide bonds. The van der Waals surface area contributed by atoms with Gasteiger partial charge in [-0.1, -0.05) is 0 Å². The first-order chi connectivity index (χ1) is 7.75. The van der Waals surface area contributed by atoms with E-state index in [1.807, 2.05) is 30.3 Å². The van der Waals surface area contributed by atoms with Gasteiger partial charge in [0.25, 0.3) is 0 Å². The van der Waals surface area contributed by atoms with Crippen molar-refractivity contribution in [1.82, 2.24) is 0 Å². The fourth-order valence-corrected chi connectivity index (χ4v) is 3.72. The molecule has 0 spiro atoms. The molecule has 2 nitrogen and oxygen atoms in total. The van der Waals surface area contributed by atoms with Crippen LogP contribution in [-0.4, -0.2) is 18.9 Å². The van der Waals surface area contributed by atoms with Crippen molar-refractivity contribution in [3.05, 3.63) is 60.2 Å². The Bertz CT molecular complexity index is 477. The zero-order valence-corrected chi connectivity index (χ0v) is 10.4. The molecular weight excluding hydrogens is 267 g/mol.